The Labute approximate surface area is 173 Å². The molecule has 1 heterocycles. The Balaban J connectivity index is 0.00000243. The summed E-state index contributed by atoms with van der Waals surface area (Å²) in [7, 11) is 3.36. The molecule has 0 amide bonds. The molecule has 0 unspecified atom stereocenters. The number of nitrogens with two attached hydrogens (primary N) is 1. The van der Waals surface area contributed by atoms with Crippen molar-refractivity contribution in [2.75, 3.05) is 40.4 Å². The van der Waals surface area contributed by atoms with Crippen molar-refractivity contribution < 1.29 is 9.47 Å². The van der Waals surface area contributed by atoms with Gasteiger partial charge in [0, 0.05) is 32.7 Å². The van der Waals surface area contributed by atoms with Gasteiger partial charge in [0.1, 0.15) is 0 Å². The van der Waals surface area contributed by atoms with Gasteiger partial charge in [-0.1, -0.05) is 6.42 Å². The van der Waals surface area contributed by atoms with Gasteiger partial charge in [-0.05, 0) is 48.4 Å². The Kier molecular flexibility index (Phi) is 8.27. The number of fused-ring (bicyclic) bond motifs is 1. The molecule has 6 nitrogen and oxygen atoms in total. The molecule has 2 aliphatic rings. The van der Waals surface area contributed by atoms with E-state index in [4.69, 9.17) is 15.2 Å². The topological polar surface area (TPSA) is 72.1 Å². The van der Waals surface area contributed by atoms with E-state index in [1.165, 1.54) is 30.4 Å². The maximum atomic E-state index is 5.95. The molecule has 3 rings (SSSR count). The number of methoxy groups -OCH3 is 2. The summed E-state index contributed by atoms with van der Waals surface area (Å²) in [6.07, 6.45) is 4.98. The van der Waals surface area contributed by atoms with Crippen molar-refractivity contribution in [3.05, 3.63) is 23.3 Å². The van der Waals surface area contributed by atoms with Gasteiger partial charge < -0.3 is 20.5 Å². The zero-order valence-corrected chi connectivity index (χ0v) is 18.1. The molecule has 26 heavy (non-hydrogen) atoms. The average molecular weight is 474 g/mol. The lowest BCUT2D eigenvalue weighted by atomic mass is 9.86. The molecule has 3 N–H and O–H groups in total. The molecule has 1 aliphatic carbocycles. The van der Waals surface area contributed by atoms with Gasteiger partial charge in [-0.25, -0.2) is 0 Å². The molecule has 7 heteroatoms. The van der Waals surface area contributed by atoms with E-state index in [1.54, 1.807) is 14.2 Å². The fraction of sp³-hybridized carbons (Fsp3) is 0.632. The maximum Gasteiger partial charge on any atom is 0.188 e. The van der Waals surface area contributed by atoms with Crippen molar-refractivity contribution in [2.45, 2.75) is 32.2 Å². The first-order valence-electron chi connectivity index (χ1n) is 9.19. The largest absolute Gasteiger partial charge is 0.493 e. The van der Waals surface area contributed by atoms with Gasteiger partial charge in [0.2, 0.25) is 0 Å². The second-order valence-electron chi connectivity index (χ2n) is 6.95. The number of hydrogen-bond acceptors (Lipinski definition) is 4. The Hall–Kier alpha value is -1.22. The first kappa shape index (κ1) is 21.1. The van der Waals surface area contributed by atoms with Crippen molar-refractivity contribution in [1.29, 1.82) is 0 Å². The molecule has 0 atom stereocenters. The van der Waals surface area contributed by atoms with Crippen LogP contribution in [0, 0.1) is 5.92 Å². The van der Waals surface area contributed by atoms with Gasteiger partial charge in [0.05, 0.1) is 14.2 Å². The Morgan fingerprint density at radius 2 is 1.92 bits per heavy atom. The highest BCUT2D eigenvalue weighted by molar-refractivity contribution is 14.0. The van der Waals surface area contributed by atoms with Gasteiger partial charge >= 0.3 is 0 Å². The lowest BCUT2D eigenvalue weighted by Crippen LogP contribution is -2.40. The van der Waals surface area contributed by atoms with Crippen molar-refractivity contribution in [3.63, 3.8) is 0 Å². The number of nitrogens with zero attached hydrogens (tertiary/aromatic N) is 2. The van der Waals surface area contributed by atoms with Crippen LogP contribution in [0.3, 0.4) is 0 Å². The first-order chi connectivity index (χ1) is 12.2. The molecule has 1 aliphatic heterocycles. The molecule has 1 saturated carbocycles. The number of benzene rings is 1. The van der Waals surface area contributed by atoms with Crippen molar-refractivity contribution in [1.82, 2.24) is 10.2 Å². The van der Waals surface area contributed by atoms with Crippen molar-refractivity contribution in [3.8, 4) is 11.5 Å². The van der Waals surface area contributed by atoms with Crippen LogP contribution >= 0.6 is 24.0 Å². The van der Waals surface area contributed by atoms with E-state index in [2.05, 4.69) is 27.3 Å². The number of ether oxygens (including phenoxy) is 2. The number of guanidine groups is 1. The molecule has 0 saturated heterocycles. The summed E-state index contributed by atoms with van der Waals surface area (Å²) in [6, 6.07) is 4.21. The standard InChI is InChI=1S/C19H30N4O2.HI/c1-24-17-10-15-6-8-23(13-16(15)11-18(17)25-2)9-7-21-19(20)22-12-14-4-3-5-14;/h10-11,14H,3-9,12-13H2,1-2H3,(H3,20,21,22);1H. The second-order valence-corrected chi connectivity index (χ2v) is 6.95. The number of hydrogen-bond donors (Lipinski definition) is 2. The summed E-state index contributed by atoms with van der Waals surface area (Å²) < 4.78 is 10.8. The predicted octanol–water partition coefficient (Wildman–Crippen LogP) is 2.38. The number of rotatable bonds is 7. The molecular formula is C19H31IN4O2. The van der Waals surface area contributed by atoms with E-state index in [0.29, 0.717) is 5.96 Å². The van der Waals surface area contributed by atoms with E-state index < -0.39 is 0 Å². The maximum absolute atomic E-state index is 5.95. The molecule has 0 bridgehead atoms. The highest BCUT2D eigenvalue weighted by Gasteiger charge is 2.19. The number of nitrogens with one attached hydrogen (secondary N) is 1. The molecule has 1 fully saturated rings. The minimum atomic E-state index is 0. The van der Waals surface area contributed by atoms with E-state index >= 15 is 0 Å². The van der Waals surface area contributed by atoms with Crippen molar-refractivity contribution in [2.24, 2.45) is 16.6 Å². The van der Waals surface area contributed by atoms with Gasteiger partial charge in [-0.15, -0.1) is 24.0 Å². The zero-order chi connectivity index (χ0) is 17.6. The van der Waals surface area contributed by atoms with Gasteiger partial charge in [-0.2, -0.15) is 0 Å². The molecular weight excluding hydrogens is 443 g/mol. The third-order valence-corrected chi connectivity index (χ3v) is 5.28. The van der Waals surface area contributed by atoms with Gasteiger partial charge in [0.25, 0.3) is 0 Å². The van der Waals surface area contributed by atoms with Crippen LogP contribution in [-0.4, -0.2) is 51.3 Å². The van der Waals surface area contributed by atoms with Crippen LogP contribution in [0.15, 0.2) is 17.1 Å². The monoisotopic (exact) mass is 474 g/mol. The van der Waals surface area contributed by atoms with E-state index in [9.17, 15) is 0 Å². The highest BCUT2D eigenvalue weighted by atomic mass is 127. The smallest absolute Gasteiger partial charge is 0.188 e. The van der Waals surface area contributed by atoms with Crippen molar-refractivity contribution >= 4 is 29.9 Å². The zero-order valence-electron chi connectivity index (χ0n) is 15.8. The predicted molar refractivity (Wildman–Crippen MR) is 116 cm³/mol. The summed E-state index contributed by atoms with van der Waals surface area (Å²) in [6.45, 7) is 4.62. The fourth-order valence-electron chi connectivity index (χ4n) is 3.43. The summed E-state index contributed by atoms with van der Waals surface area (Å²) in [5, 5.41) is 3.24. The van der Waals surface area contributed by atoms with Crippen LogP contribution in [-0.2, 0) is 13.0 Å². The SMILES string of the molecule is COc1cc2c(cc1OC)CN(CCNC(N)=NCC1CCC1)CC2.I. The Morgan fingerprint density at radius 3 is 2.54 bits per heavy atom. The third-order valence-electron chi connectivity index (χ3n) is 5.28. The van der Waals surface area contributed by atoms with E-state index in [-0.39, 0.29) is 24.0 Å². The fourth-order valence-corrected chi connectivity index (χ4v) is 3.43. The van der Waals surface area contributed by atoms with Crippen LogP contribution in [0.4, 0.5) is 0 Å². The first-order valence-corrected chi connectivity index (χ1v) is 9.19. The lowest BCUT2D eigenvalue weighted by molar-refractivity contribution is 0.256. The quantitative estimate of drug-likeness (QED) is 0.361. The van der Waals surface area contributed by atoms with Crippen LogP contribution in [0.25, 0.3) is 0 Å². The molecule has 146 valence electrons. The molecule has 1 aromatic rings. The second kappa shape index (κ2) is 10.2. The van der Waals surface area contributed by atoms with Crippen LogP contribution in [0.1, 0.15) is 30.4 Å². The summed E-state index contributed by atoms with van der Waals surface area (Å²) in [5.41, 5.74) is 8.62. The number of halogens is 1. The van der Waals surface area contributed by atoms with Crippen LogP contribution < -0.4 is 20.5 Å². The van der Waals surface area contributed by atoms with Gasteiger partial charge in [-0.3, -0.25) is 9.89 Å². The Morgan fingerprint density at radius 1 is 1.23 bits per heavy atom. The normalized spacial score (nSPS) is 17.7. The number of aliphatic imine (C=N–C) groups is 1. The van der Waals surface area contributed by atoms with Crippen LogP contribution in [0.5, 0.6) is 11.5 Å². The third kappa shape index (κ3) is 5.39. The molecule has 0 aromatic heterocycles. The molecule has 0 radical (unpaired) electrons. The van der Waals surface area contributed by atoms with E-state index in [1.807, 2.05) is 0 Å². The average Bonchev–Trinajstić information content (AvgIpc) is 2.59. The molecule has 0 spiro atoms. The van der Waals surface area contributed by atoms with E-state index in [0.717, 1.165) is 56.6 Å². The Bertz CT molecular complexity index is 620. The highest BCUT2D eigenvalue weighted by Crippen LogP contribution is 2.33. The minimum Gasteiger partial charge on any atom is -0.493 e. The summed E-state index contributed by atoms with van der Waals surface area (Å²) in [5.74, 6) is 2.95. The minimum absolute atomic E-state index is 0. The van der Waals surface area contributed by atoms with Crippen LogP contribution in [0.2, 0.25) is 0 Å². The van der Waals surface area contributed by atoms with Gasteiger partial charge in [0.15, 0.2) is 17.5 Å². The molecule has 1 aromatic carbocycles. The summed E-state index contributed by atoms with van der Waals surface area (Å²) in [4.78, 5) is 6.87. The lowest BCUT2D eigenvalue weighted by Gasteiger charge is -2.29. The summed E-state index contributed by atoms with van der Waals surface area (Å²) >= 11 is 0.